The summed E-state index contributed by atoms with van der Waals surface area (Å²) < 4.78 is 0. The van der Waals surface area contributed by atoms with Crippen molar-refractivity contribution < 1.29 is 4.79 Å². The highest BCUT2D eigenvalue weighted by Crippen LogP contribution is 2.13. The van der Waals surface area contributed by atoms with Crippen LogP contribution in [0.15, 0.2) is 36.9 Å². The van der Waals surface area contributed by atoms with Crippen molar-refractivity contribution >= 4 is 17.4 Å². The van der Waals surface area contributed by atoms with Crippen LogP contribution in [0, 0.1) is 0 Å². The van der Waals surface area contributed by atoms with E-state index < -0.39 is 0 Å². The number of hydrogen-bond acceptors (Lipinski definition) is 5. The minimum Gasteiger partial charge on any atom is -0.369 e. The van der Waals surface area contributed by atoms with Crippen LogP contribution in [0.25, 0.3) is 0 Å². The van der Waals surface area contributed by atoms with E-state index in [1.807, 2.05) is 0 Å². The highest BCUT2D eigenvalue weighted by molar-refractivity contribution is 6.04. The minimum absolute atomic E-state index is 0.203. The molecule has 0 aliphatic carbocycles. The summed E-state index contributed by atoms with van der Waals surface area (Å²) in [5.74, 6) is 0.473. The largest absolute Gasteiger partial charge is 0.369 e. The van der Waals surface area contributed by atoms with Gasteiger partial charge in [-0.15, -0.1) is 0 Å². The van der Waals surface area contributed by atoms with Crippen LogP contribution in [0.1, 0.15) is 23.8 Å². The van der Waals surface area contributed by atoms with Crippen molar-refractivity contribution in [3.63, 3.8) is 0 Å². The van der Waals surface area contributed by atoms with Crippen LogP contribution in [0.3, 0.4) is 0 Å². The molecule has 6 heteroatoms. The third-order valence-electron chi connectivity index (χ3n) is 2.78. The molecule has 0 atom stereocenters. The van der Waals surface area contributed by atoms with Gasteiger partial charge in [0.15, 0.2) is 0 Å². The third-order valence-corrected chi connectivity index (χ3v) is 2.78. The Balaban J connectivity index is 2.09. The van der Waals surface area contributed by atoms with Gasteiger partial charge in [-0.2, -0.15) is 0 Å². The number of aromatic nitrogens is 3. The first-order valence-electron chi connectivity index (χ1n) is 6.46. The Kier molecular flexibility index (Phi) is 4.60. The van der Waals surface area contributed by atoms with Crippen LogP contribution in [-0.4, -0.2) is 34.5 Å². The number of nitrogens with one attached hydrogen (secondary N) is 1. The van der Waals surface area contributed by atoms with Crippen molar-refractivity contribution in [1.29, 1.82) is 0 Å². The lowest BCUT2D eigenvalue weighted by atomic mass is 10.3. The number of carbonyl (C=O) groups excluding carboxylic acids is 1. The fourth-order valence-electron chi connectivity index (χ4n) is 1.64. The minimum atomic E-state index is -0.203. The van der Waals surface area contributed by atoms with Gasteiger partial charge in [-0.25, -0.2) is 9.97 Å². The molecule has 0 radical (unpaired) electrons. The molecule has 2 rings (SSSR count). The fraction of sp³-hybridized carbons (Fsp3) is 0.286. The van der Waals surface area contributed by atoms with Crippen molar-refractivity contribution in [2.45, 2.75) is 13.3 Å². The van der Waals surface area contributed by atoms with Crippen LogP contribution in [0.4, 0.5) is 11.5 Å². The molecule has 0 fully saturated rings. The van der Waals surface area contributed by atoms with E-state index in [9.17, 15) is 4.79 Å². The molecule has 0 saturated heterocycles. The SMILES string of the molecule is CCCNc1cnc(C(=O)N(C)c2ccncc2)cn1. The zero-order chi connectivity index (χ0) is 14.4. The highest BCUT2D eigenvalue weighted by Gasteiger charge is 2.15. The Labute approximate surface area is 117 Å². The number of pyridine rings is 1. The molecule has 6 nitrogen and oxygen atoms in total. The molecule has 0 aromatic carbocycles. The maximum absolute atomic E-state index is 12.3. The number of amides is 1. The molecule has 0 aliphatic rings. The van der Waals surface area contributed by atoms with E-state index in [1.54, 1.807) is 37.8 Å². The first-order chi connectivity index (χ1) is 9.72. The summed E-state index contributed by atoms with van der Waals surface area (Å²) in [5.41, 5.74) is 1.08. The highest BCUT2D eigenvalue weighted by atomic mass is 16.2. The fourth-order valence-corrected chi connectivity index (χ4v) is 1.64. The molecule has 2 aromatic heterocycles. The number of hydrogen-bond donors (Lipinski definition) is 1. The second-order valence-corrected chi connectivity index (χ2v) is 4.28. The molecule has 2 heterocycles. The quantitative estimate of drug-likeness (QED) is 0.900. The Morgan fingerprint density at radius 1 is 1.25 bits per heavy atom. The average Bonchev–Trinajstić information content (AvgIpc) is 2.53. The monoisotopic (exact) mass is 271 g/mol. The predicted molar refractivity (Wildman–Crippen MR) is 77.8 cm³/mol. The zero-order valence-corrected chi connectivity index (χ0v) is 11.6. The Bertz CT molecular complexity index is 556. The lowest BCUT2D eigenvalue weighted by Gasteiger charge is -2.16. The first-order valence-corrected chi connectivity index (χ1v) is 6.46. The number of anilines is 2. The van der Waals surface area contributed by atoms with E-state index in [-0.39, 0.29) is 5.91 Å². The van der Waals surface area contributed by atoms with Crippen LogP contribution >= 0.6 is 0 Å². The van der Waals surface area contributed by atoms with E-state index in [2.05, 4.69) is 27.2 Å². The molecule has 20 heavy (non-hydrogen) atoms. The number of carbonyl (C=O) groups is 1. The Morgan fingerprint density at radius 3 is 2.60 bits per heavy atom. The molecule has 1 N–H and O–H groups in total. The standard InChI is InChI=1S/C14H17N5O/c1-3-6-16-13-10-17-12(9-18-13)14(20)19(2)11-4-7-15-8-5-11/h4-5,7-10H,3,6H2,1-2H3,(H,16,18). The average molecular weight is 271 g/mol. The molecule has 104 valence electrons. The van der Waals surface area contributed by atoms with Crippen molar-refractivity contribution in [2.75, 3.05) is 23.8 Å². The summed E-state index contributed by atoms with van der Waals surface area (Å²) in [4.78, 5) is 26.0. The Morgan fingerprint density at radius 2 is 2.00 bits per heavy atom. The summed E-state index contributed by atoms with van der Waals surface area (Å²) >= 11 is 0. The van der Waals surface area contributed by atoms with Gasteiger partial charge in [-0.05, 0) is 18.6 Å². The van der Waals surface area contributed by atoms with Gasteiger partial charge in [0.2, 0.25) is 0 Å². The summed E-state index contributed by atoms with van der Waals surface area (Å²) in [6.07, 6.45) is 7.35. The Hall–Kier alpha value is -2.50. The second-order valence-electron chi connectivity index (χ2n) is 4.28. The zero-order valence-electron chi connectivity index (χ0n) is 11.6. The predicted octanol–water partition coefficient (Wildman–Crippen LogP) is 1.97. The van der Waals surface area contributed by atoms with Gasteiger partial charge >= 0.3 is 0 Å². The molecule has 0 bridgehead atoms. The maximum atomic E-state index is 12.3. The van der Waals surface area contributed by atoms with Gasteiger partial charge < -0.3 is 10.2 Å². The van der Waals surface area contributed by atoms with Crippen molar-refractivity contribution in [3.8, 4) is 0 Å². The molecule has 2 aromatic rings. The van der Waals surface area contributed by atoms with Crippen molar-refractivity contribution in [1.82, 2.24) is 15.0 Å². The number of rotatable bonds is 5. The first kappa shape index (κ1) is 13.9. The van der Waals surface area contributed by atoms with E-state index in [0.29, 0.717) is 11.5 Å². The summed E-state index contributed by atoms with van der Waals surface area (Å²) in [7, 11) is 1.70. The molecule has 0 unspecified atom stereocenters. The summed E-state index contributed by atoms with van der Waals surface area (Å²) in [5, 5.41) is 3.11. The molecular weight excluding hydrogens is 254 g/mol. The molecule has 0 spiro atoms. The normalized spacial score (nSPS) is 10.1. The van der Waals surface area contributed by atoms with Crippen molar-refractivity contribution in [2.24, 2.45) is 0 Å². The molecule has 0 saturated carbocycles. The topological polar surface area (TPSA) is 71.0 Å². The summed E-state index contributed by atoms with van der Waals surface area (Å²) in [6, 6.07) is 3.53. The van der Waals surface area contributed by atoms with Crippen LogP contribution in [0.5, 0.6) is 0 Å². The van der Waals surface area contributed by atoms with Gasteiger partial charge in [-0.1, -0.05) is 6.92 Å². The van der Waals surface area contributed by atoms with Gasteiger partial charge in [0.05, 0.1) is 12.4 Å². The van der Waals surface area contributed by atoms with E-state index >= 15 is 0 Å². The van der Waals surface area contributed by atoms with Crippen LogP contribution in [-0.2, 0) is 0 Å². The molecular formula is C14H17N5O. The lowest BCUT2D eigenvalue weighted by molar-refractivity contribution is 0.0988. The number of nitrogens with zero attached hydrogens (tertiary/aromatic N) is 4. The van der Waals surface area contributed by atoms with Gasteiger partial charge in [-0.3, -0.25) is 9.78 Å². The molecule has 1 amide bonds. The van der Waals surface area contributed by atoms with E-state index in [0.717, 1.165) is 18.7 Å². The second kappa shape index (κ2) is 6.60. The van der Waals surface area contributed by atoms with Crippen molar-refractivity contribution in [3.05, 3.63) is 42.6 Å². The van der Waals surface area contributed by atoms with Gasteiger partial charge in [0.25, 0.3) is 5.91 Å². The third kappa shape index (κ3) is 3.28. The van der Waals surface area contributed by atoms with E-state index in [4.69, 9.17) is 0 Å². The smallest absolute Gasteiger partial charge is 0.278 e. The van der Waals surface area contributed by atoms with Crippen LogP contribution in [0.2, 0.25) is 0 Å². The lowest BCUT2D eigenvalue weighted by Crippen LogP contribution is -2.27. The van der Waals surface area contributed by atoms with Gasteiger partial charge in [0, 0.05) is 31.7 Å². The van der Waals surface area contributed by atoms with E-state index in [1.165, 1.54) is 11.1 Å². The van der Waals surface area contributed by atoms with Crippen LogP contribution < -0.4 is 10.2 Å². The van der Waals surface area contributed by atoms with Gasteiger partial charge in [0.1, 0.15) is 11.5 Å². The summed E-state index contributed by atoms with van der Waals surface area (Å²) in [6.45, 7) is 2.90. The molecule has 0 aliphatic heterocycles. The maximum Gasteiger partial charge on any atom is 0.278 e.